The van der Waals surface area contributed by atoms with Crippen molar-refractivity contribution >= 4 is 23.2 Å². The molecule has 2 aromatic rings. The fourth-order valence-corrected chi connectivity index (χ4v) is 1.95. The summed E-state index contributed by atoms with van der Waals surface area (Å²) in [6.07, 6.45) is 0. The van der Waals surface area contributed by atoms with Crippen LogP contribution in [-0.4, -0.2) is 33.1 Å². The van der Waals surface area contributed by atoms with Crippen LogP contribution in [0.4, 0.5) is 11.4 Å². The summed E-state index contributed by atoms with van der Waals surface area (Å²) in [7, 11) is 4.52. The maximum atomic E-state index is 12.1. The predicted molar refractivity (Wildman–Crippen MR) is 89.8 cm³/mol. The van der Waals surface area contributed by atoms with Crippen LogP contribution >= 0.6 is 0 Å². The molecule has 0 atom stereocenters. The predicted octanol–water partition coefficient (Wildman–Crippen LogP) is 2.29. The normalized spacial score (nSPS) is 9.79. The average Bonchev–Trinajstić information content (AvgIpc) is 2.62. The molecular weight excluding hydrogens is 312 g/mol. The van der Waals surface area contributed by atoms with Gasteiger partial charge >= 0.3 is 11.8 Å². The van der Waals surface area contributed by atoms with Crippen molar-refractivity contribution in [3.8, 4) is 17.2 Å². The summed E-state index contributed by atoms with van der Waals surface area (Å²) < 4.78 is 15.3. The van der Waals surface area contributed by atoms with Crippen LogP contribution in [-0.2, 0) is 9.59 Å². The lowest BCUT2D eigenvalue weighted by Gasteiger charge is -2.12. The summed E-state index contributed by atoms with van der Waals surface area (Å²) in [5.74, 6) is -0.0240. The van der Waals surface area contributed by atoms with Crippen LogP contribution in [0.15, 0.2) is 42.5 Å². The molecule has 2 aromatic carbocycles. The van der Waals surface area contributed by atoms with Crippen LogP contribution in [0.25, 0.3) is 0 Å². The van der Waals surface area contributed by atoms with Gasteiger partial charge in [0, 0.05) is 11.8 Å². The zero-order valence-corrected chi connectivity index (χ0v) is 13.6. The van der Waals surface area contributed by atoms with E-state index in [-0.39, 0.29) is 0 Å². The monoisotopic (exact) mass is 330 g/mol. The average molecular weight is 330 g/mol. The van der Waals surface area contributed by atoms with E-state index in [2.05, 4.69) is 10.6 Å². The van der Waals surface area contributed by atoms with Gasteiger partial charge in [-0.3, -0.25) is 9.59 Å². The maximum absolute atomic E-state index is 12.1. The SMILES string of the molecule is COc1ccc(NC(=O)C(=O)Nc2cc(OC)ccc2OC)cc1. The van der Waals surface area contributed by atoms with Gasteiger partial charge in [0.2, 0.25) is 0 Å². The molecule has 24 heavy (non-hydrogen) atoms. The second-order valence-electron chi connectivity index (χ2n) is 4.70. The lowest BCUT2D eigenvalue weighted by molar-refractivity contribution is -0.133. The van der Waals surface area contributed by atoms with E-state index in [4.69, 9.17) is 14.2 Å². The van der Waals surface area contributed by atoms with E-state index in [1.807, 2.05) is 0 Å². The molecule has 2 N–H and O–H groups in total. The summed E-state index contributed by atoms with van der Waals surface area (Å²) >= 11 is 0. The number of carbonyl (C=O) groups is 2. The molecule has 0 fully saturated rings. The molecule has 0 radical (unpaired) electrons. The Morgan fingerprint density at radius 3 is 1.92 bits per heavy atom. The Morgan fingerprint density at radius 2 is 1.33 bits per heavy atom. The Labute approximate surface area is 139 Å². The zero-order chi connectivity index (χ0) is 17.5. The van der Waals surface area contributed by atoms with Crippen LogP contribution < -0.4 is 24.8 Å². The van der Waals surface area contributed by atoms with Gasteiger partial charge in [0.25, 0.3) is 0 Å². The summed E-state index contributed by atoms with van der Waals surface area (Å²) in [6.45, 7) is 0. The van der Waals surface area contributed by atoms with Crippen molar-refractivity contribution in [3.05, 3.63) is 42.5 Å². The van der Waals surface area contributed by atoms with Gasteiger partial charge in [-0.05, 0) is 36.4 Å². The van der Waals surface area contributed by atoms with Crippen molar-refractivity contribution in [1.82, 2.24) is 0 Å². The molecule has 7 nitrogen and oxygen atoms in total. The minimum atomic E-state index is -0.822. The minimum Gasteiger partial charge on any atom is -0.497 e. The van der Waals surface area contributed by atoms with Crippen molar-refractivity contribution in [2.75, 3.05) is 32.0 Å². The summed E-state index contributed by atoms with van der Waals surface area (Å²) in [5, 5.41) is 5.00. The highest BCUT2D eigenvalue weighted by molar-refractivity contribution is 6.43. The number of nitrogens with one attached hydrogen (secondary N) is 2. The quantitative estimate of drug-likeness (QED) is 0.822. The Balaban J connectivity index is 2.06. The summed E-state index contributed by atoms with van der Waals surface area (Å²) in [6, 6.07) is 11.5. The first-order valence-electron chi connectivity index (χ1n) is 7.05. The molecule has 0 heterocycles. The van der Waals surface area contributed by atoms with Crippen LogP contribution in [0, 0.1) is 0 Å². The zero-order valence-electron chi connectivity index (χ0n) is 13.6. The van der Waals surface area contributed by atoms with Gasteiger partial charge in [-0.25, -0.2) is 0 Å². The molecule has 2 amide bonds. The number of rotatable bonds is 5. The Morgan fingerprint density at radius 1 is 0.750 bits per heavy atom. The Kier molecular flexibility index (Phi) is 5.62. The van der Waals surface area contributed by atoms with Crippen molar-refractivity contribution in [2.45, 2.75) is 0 Å². The van der Waals surface area contributed by atoms with Gasteiger partial charge < -0.3 is 24.8 Å². The smallest absolute Gasteiger partial charge is 0.314 e. The van der Waals surface area contributed by atoms with E-state index in [0.717, 1.165) is 0 Å². The molecule has 0 aromatic heterocycles. The first-order chi connectivity index (χ1) is 11.6. The van der Waals surface area contributed by atoms with Gasteiger partial charge in [-0.15, -0.1) is 0 Å². The van der Waals surface area contributed by atoms with E-state index in [9.17, 15) is 9.59 Å². The Bertz CT molecular complexity index is 728. The number of hydrogen-bond acceptors (Lipinski definition) is 5. The van der Waals surface area contributed by atoms with Crippen molar-refractivity contribution in [2.24, 2.45) is 0 Å². The molecule has 0 unspecified atom stereocenters. The lowest BCUT2D eigenvalue weighted by Crippen LogP contribution is -2.29. The molecule has 2 rings (SSSR count). The number of methoxy groups -OCH3 is 3. The third-order valence-corrected chi connectivity index (χ3v) is 3.21. The Hall–Kier alpha value is -3.22. The number of benzene rings is 2. The van der Waals surface area contributed by atoms with E-state index in [1.54, 1.807) is 49.6 Å². The fourth-order valence-electron chi connectivity index (χ4n) is 1.95. The molecule has 7 heteroatoms. The van der Waals surface area contributed by atoms with Crippen molar-refractivity contribution < 1.29 is 23.8 Å². The van der Waals surface area contributed by atoms with Gasteiger partial charge in [0.1, 0.15) is 17.2 Å². The topological polar surface area (TPSA) is 85.9 Å². The number of amides is 2. The van der Waals surface area contributed by atoms with Gasteiger partial charge in [-0.1, -0.05) is 0 Å². The highest BCUT2D eigenvalue weighted by Crippen LogP contribution is 2.28. The molecular formula is C17H18N2O5. The first kappa shape index (κ1) is 17.1. The third kappa shape index (κ3) is 4.16. The molecule has 126 valence electrons. The van der Waals surface area contributed by atoms with E-state index in [0.29, 0.717) is 28.6 Å². The van der Waals surface area contributed by atoms with Crippen LogP contribution in [0.1, 0.15) is 0 Å². The standard InChI is InChI=1S/C17H18N2O5/c1-22-12-6-4-11(5-7-12)18-16(20)17(21)19-14-10-13(23-2)8-9-15(14)24-3/h4-10H,1-3H3,(H,18,20)(H,19,21). The van der Waals surface area contributed by atoms with Crippen LogP contribution in [0.5, 0.6) is 17.2 Å². The van der Waals surface area contributed by atoms with Crippen molar-refractivity contribution in [1.29, 1.82) is 0 Å². The molecule has 0 saturated heterocycles. The number of ether oxygens (including phenoxy) is 3. The second-order valence-corrected chi connectivity index (χ2v) is 4.70. The molecule has 0 aliphatic rings. The summed E-state index contributed by atoms with van der Waals surface area (Å²) in [5.41, 5.74) is 0.820. The number of hydrogen-bond donors (Lipinski definition) is 2. The number of carbonyl (C=O) groups excluding carboxylic acids is 2. The summed E-state index contributed by atoms with van der Waals surface area (Å²) in [4.78, 5) is 24.1. The third-order valence-electron chi connectivity index (χ3n) is 3.21. The van der Waals surface area contributed by atoms with E-state index < -0.39 is 11.8 Å². The minimum absolute atomic E-state index is 0.340. The lowest BCUT2D eigenvalue weighted by atomic mass is 10.2. The molecule has 0 bridgehead atoms. The van der Waals surface area contributed by atoms with E-state index >= 15 is 0 Å². The highest BCUT2D eigenvalue weighted by atomic mass is 16.5. The molecule has 0 spiro atoms. The fraction of sp³-hybridized carbons (Fsp3) is 0.176. The van der Waals surface area contributed by atoms with E-state index in [1.165, 1.54) is 14.2 Å². The van der Waals surface area contributed by atoms with Gasteiger partial charge in [0.15, 0.2) is 0 Å². The molecule has 0 aliphatic heterocycles. The van der Waals surface area contributed by atoms with Gasteiger partial charge in [0.05, 0.1) is 27.0 Å². The second kappa shape index (κ2) is 7.87. The van der Waals surface area contributed by atoms with Gasteiger partial charge in [-0.2, -0.15) is 0 Å². The highest BCUT2D eigenvalue weighted by Gasteiger charge is 2.16. The largest absolute Gasteiger partial charge is 0.497 e. The van der Waals surface area contributed by atoms with Crippen LogP contribution in [0.2, 0.25) is 0 Å². The molecule has 0 aliphatic carbocycles. The van der Waals surface area contributed by atoms with Crippen molar-refractivity contribution in [3.63, 3.8) is 0 Å². The molecule has 0 saturated carbocycles. The first-order valence-corrected chi connectivity index (χ1v) is 7.05. The number of anilines is 2. The maximum Gasteiger partial charge on any atom is 0.314 e. The van der Waals surface area contributed by atoms with Crippen LogP contribution in [0.3, 0.4) is 0 Å².